The van der Waals surface area contributed by atoms with Crippen LogP contribution >= 0.6 is 11.8 Å². The third-order valence-corrected chi connectivity index (χ3v) is 4.94. The number of nitrogens with one attached hydrogen (secondary N) is 1. The van der Waals surface area contributed by atoms with Crippen molar-refractivity contribution in [3.63, 3.8) is 0 Å². The van der Waals surface area contributed by atoms with E-state index in [1.807, 2.05) is 6.07 Å². The molecule has 6 heteroatoms. The molecule has 0 saturated heterocycles. The predicted octanol–water partition coefficient (Wildman–Crippen LogP) is 3.51. The van der Waals surface area contributed by atoms with Gasteiger partial charge >= 0.3 is 0 Å². The van der Waals surface area contributed by atoms with Crippen molar-refractivity contribution in [1.29, 1.82) is 0 Å². The normalized spacial score (nSPS) is 16.5. The van der Waals surface area contributed by atoms with Crippen LogP contribution in [0.15, 0.2) is 41.3 Å². The Morgan fingerprint density at radius 3 is 3.00 bits per heavy atom. The standard InChI is InChI=1S/C17H16FNO3S/c1-22-10-5-6-15(20)12(9-10)17(21)19-14-7-8-23-16-11(14)3-2-4-13(16)18/h2-6,9,14,20H,7-8H2,1H3,(H,19,21). The van der Waals surface area contributed by atoms with Gasteiger partial charge in [0.25, 0.3) is 5.91 Å². The fourth-order valence-corrected chi connectivity index (χ4v) is 3.74. The van der Waals surface area contributed by atoms with Crippen LogP contribution in [0.4, 0.5) is 4.39 Å². The molecule has 120 valence electrons. The molecule has 3 rings (SSSR count). The molecule has 0 aromatic heterocycles. The molecule has 0 radical (unpaired) electrons. The molecule has 1 unspecified atom stereocenters. The summed E-state index contributed by atoms with van der Waals surface area (Å²) in [4.78, 5) is 13.1. The van der Waals surface area contributed by atoms with Crippen LogP contribution < -0.4 is 10.1 Å². The molecule has 0 spiro atoms. The SMILES string of the molecule is COc1ccc(O)c(C(=O)NC2CCSc3c(F)cccc32)c1. The van der Waals surface area contributed by atoms with Crippen LogP contribution in [0.5, 0.6) is 11.5 Å². The van der Waals surface area contributed by atoms with Gasteiger partial charge in [0.1, 0.15) is 17.3 Å². The van der Waals surface area contributed by atoms with Crippen LogP contribution in [0.2, 0.25) is 0 Å². The van der Waals surface area contributed by atoms with Crippen molar-refractivity contribution in [2.24, 2.45) is 0 Å². The number of benzene rings is 2. The number of amides is 1. The lowest BCUT2D eigenvalue weighted by Crippen LogP contribution is -2.31. The average molecular weight is 333 g/mol. The lowest BCUT2D eigenvalue weighted by molar-refractivity contribution is 0.0931. The quantitative estimate of drug-likeness (QED) is 0.902. The lowest BCUT2D eigenvalue weighted by atomic mass is 10.0. The Balaban J connectivity index is 1.86. The summed E-state index contributed by atoms with van der Waals surface area (Å²) in [6, 6.07) is 9.08. The fraction of sp³-hybridized carbons (Fsp3) is 0.235. The van der Waals surface area contributed by atoms with Crippen molar-refractivity contribution in [3.8, 4) is 11.5 Å². The smallest absolute Gasteiger partial charge is 0.255 e. The third-order valence-electron chi connectivity index (χ3n) is 3.78. The number of phenolic OH excluding ortho intramolecular Hbond substituents is 1. The Morgan fingerprint density at radius 2 is 2.22 bits per heavy atom. The van der Waals surface area contributed by atoms with Gasteiger partial charge in [0, 0.05) is 10.6 Å². The van der Waals surface area contributed by atoms with Crippen molar-refractivity contribution in [2.45, 2.75) is 17.4 Å². The number of hydrogen-bond donors (Lipinski definition) is 2. The third kappa shape index (κ3) is 3.12. The van der Waals surface area contributed by atoms with E-state index in [9.17, 15) is 14.3 Å². The summed E-state index contributed by atoms with van der Waals surface area (Å²) >= 11 is 1.46. The van der Waals surface area contributed by atoms with E-state index < -0.39 is 5.91 Å². The molecule has 4 nitrogen and oxygen atoms in total. The summed E-state index contributed by atoms with van der Waals surface area (Å²) in [7, 11) is 1.49. The zero-order chi connectivity index (χ0) is 16.4. The van der Waals surface area contributed by atoms with Crippen LogP contribution in [0.1, 0.15) is 28.4 Å². The number of aromatic hydroxyl groups is 1. The van der Waals surface area contributed by atoms with Gasteiger partial charge in [-0.05, 0) is 36.2 Å². The minimum absolute atomic E-state index is 0.118. The Labute approximate surface area is 137 Å². The van der Waals surface area contributed by atoms with Gasteiger partial charge in [0.2, 0.25) is 0 Å². The van der Waals surface area contributed by atoms with Gasteiger partial charge < -0.3 is 15.2 Å². The lowest BCUT2D eigenvalue weighted by Gasteiger charge is -2.26. The molecular weight excluding hydrogens is 317 g/mol. The number of methoxy groups -OCH3 is 1. The first-order valence-corrected chi connectivity index (χ1v) is 8.18. The first kappa shape index (κ1) is 15.7. The average Bonchev–Trinajstić information content (AvgIpc) is 2.56. The van der Waals surface area contributed by atoms with Gasteiger partial charge in [-0.15, -0.1) is 11.8 Å². The molecule has 0 aliphatic carbocycles. The first-order chi connectivity index (χ1) is 11.1. The van der Waals surface area contributed by atoms with Crippen molar-refractivity contribution in [3.05, 3.63) is 53.3 Å². The number of halogens is 1. The molecule has 1 aliphatic heterocycles. The minimum Gasteiger partial charge on any atom is -0.507 e. The van der Waals surface area contributed by atoms with E-state index in [1.165, 1.54) is 37.1 Å². The van der Waals surface area contributed by atoms with Crippen molar-refractivity contribution >= 4 is 17.7 Å². The van der Waals surface area contributed by atoms with E-state index in [-0.39, 0.29) is 23.2 Å². The van der Waals surface area contributed by atoms with E-state index in [0.29, 0.717) is 17.1 Å². The first-order valence-electron chi connectivity index (χ1n) is 7.19. The van der Waals surface area contributed by atoms with E-state index in [4.69, 9.17) is 4.74 Å². The molecule has 2 aromatic carbocycles. The summed E-state index contributed by atoms with van der Waals surface area (Å²) < 4.78 is 19.0. The summed E-state index contributed by atoms with van der Waals surface area (Å²) in [6.07, 6.45) is 0.706. The van der Waals surface area contributed by atoms with Gasteiger partial charge in [-0.1, -0.05) is 12.1 Å². The van der Waals surface area contributed by atoms with E-state index in [1.54, 1.807) is 12.1 Å². The molecule has 1 atom stereocenters. The molecule has 0 saturated carbocycles. The summed E-state index contributed by atoms with van der Waals surface area (Å²) in [5, 5.41) is 12.8. The fourth-order valence-electron chi connectivity index (χ4n) is 2.60. The predicted molar refractivity (Wildman–Crippen MR) is 86.6 cm³/mol. The summed E-state index contributed by atoms with van der Waals surface area (Å²) in [5.41, 5.74) is 0.914. The number of phenols is 1. The molecule has 0 fully saturated rings. The van der Waals surface area contributed by atoms with Crippen molar-refractivity contribution in [1.82, 2.24) is 5.32 Å². The largest absolute Gasteiger partial charge is 0.507 e. The Hall–Kier alpha value is -2.21. The number of thioether (sulfide) groups is 1. The monoisotopic (exact) mass is 333 g/mol. The van der Waals surface area contributed by atoms with Crippen LogP contribution in [0.25, 0.3) is 0 Å². The van der Waals surface area contributed by atoms with Gasteiger partial charge in [-0.2, -0.15) is 0 Å². The Morgan fingerprint density at radius 1 is 1.39 bits per heavy atom. The van der Waals surface area contributed by atoms with E-state index >= 15 is 0 Å². The molecule has 1 amide bonds. The number of rotatable bonds is 3. The second kappa shape index (κ2) is 6.50. The second-order valence-corrected chi connectivity index (χ2v) is 6.31. The maximum atomic E-state index is 13.9. The molecule has 2 aromatic rings. The maximum absolute atomic E-state index is 13.9. The van der Waals surface area contributed by atoms with Gasteiger partial charge in [0.05, 0.1) is 18.7 Å². The molecule has 23 heavy (non-hydrogen) atoms. The minimum atomic E-state index is -0.409. The van der Waals surface area contributed by atoms with Crippen molar-refractivity contribution < 1.29 is 19.0 Å². The molecular formula is C17H16FNO3S. The van der Waals surface area contributed by atoms with Crippen LogP contribution in [0, 0.1) is 5.82 Å². The van der Waals surface area contributed by atoms with Crippen LogP contribution in [0.3, 0.4) is 0 Å². The number of carbonyl (C=O) groups excluding carboxylic acids is 1. The zero-order valence-electron chi connectivity index (χ0n) is 12.5. The van der Waals surface area contributed by atoms with Crippen LogP contribution in [-0.2, 0) is 0 Å². The van der Waals surface area contributed by atoms with E-state index in [0.717, 1.165) is 11.3 Å². The van der Waals surface area contributed by atoms with Gasteiger partial charge in [0.15, 0.2) is 0 Å². The zero-order valence-corrected chi connectivity index (χ0v) is 13.3. The highest BCUT2D eigenvalue weighted by Gasteiger charge is 2.25. The Bertz CT molecular complexity index is 751. The topological polar surface area (TPSA) is 58.6 Å². The number of hydrogen-bond acceptors (Lipinski definition) is 4. The Kier molecular flexibility index (Phi) is 4.43. The molecule has 2 N–H and O–H groups in total. The number of ether oxygens (including phenoxy) is 1. The van der Waals surface area contributed by atoms with Gasteiger partial charge in [-0.3, -0.25) is 4.79 Å². The van der Waals surface area contributed by atoms with Gasteiger partial charge in [-0.25, -0.2) is 4.39 Å². The highest BCUT2D eigenvalue weighted by Crippen LogP contribution is 2.38. The molecule has 1 aliphatic rings. The molecule has 1 heterocycles. The summed E-state index contributed by atoms with van der Waals surface area (Å²) in [6.45, 7) is 0. The van der Waals surface area contributed by atoms with Crippen molar-refractivity contribution in [2.75, 3.05) is 12.9 Å². The second-order valence-electron chi connectivity index (χ2n) is 5.20. The highest BCUT2D eigenvalue weighted by molar-refractivity contribution is 7.99. The highest BCUT2D eigenvalue weighted by atomic mass is 32.2. The number of carbonyl (C=O) groups is 1. The summed E-state index contributed by atoms with van der Waals surface area (Å²) in [5.74, 6) is 0.416. The molecule has 0 bridgehead atoms. The van der Waals surface area contributed by atoms with E-state index in [2.05, 4.69) is 5.32 Å². The van der Waals surface area contributed by atoms with Crippen LogP contribution in [-0.4, -0.2) is 23.9 Å². The maximum Gasteiger partial charge on any atom is 0.255 e. The number of fused-ring (bicyclic) bond motifs is 1.